The first-order valence-corrected chi connectivity index (χ1v) is 4.71. The predicted octanol–water partition coefficient (Wildman–Crippen LogP) is 2.36. The molecule has 80 valence electrons. The van der Waals surface area contributed by atoms with Crippen molar-refractivity contribution < 1.29 is 4.92 Å². The van der Waals surface area contributed by atoms with E-state index >= 15 is 0 Å². The topological polar surface area (TPSA) is 68.9 Å². The molecule has 0 saturated heterocycles. The minimum atomic E-state index is -0.465. The van der Waals surface area contributed by atoms with Gasteiger partial charge in [-0.25, -0.2) is 4.98 Å². The number of aryl methyl sites for hydroxylation is 1. The van der Waals surface area contributed by atoms with E-state index in [-0.39, 0.29) is 5.69 Å². The van der Waals surface area contributed by atoms with E-state index in [0.717, 1.165) is 11.3 Å². The highest BCUT2D eigenvalue weighted by atomic mass is 16.6. The summed E-state index contributed by atoms with van der Waals surface area (Å²) >= 11 is 0. The summed E-state index contributed by atoms with van der Waals surface area (Å²) < 4.78 is 0. The Labute approximate surface area is 91.9 Å². The molecular formula is C11H9N3O2. The van der Waals surface area contributed by atoms with Crippen molar-refractivity contribution in [3.8, 4) is 11.3 Å². The van der Waals surface area contributed by atoms with E-state index in [1.807, 2.05) is 19.1 Å². The first-order chi connectivity index (χ1) is 7.68. The Kier molecular flexibility index (Phi) is 2.59. The molecule has 0 spiro atoms. The lowest BCUT2D eigenvalue weighted by molar-refractivity contribution is -0.385. The van der Waals surface area contributed by atoms with Crippen molar-refractivity contribution in [2.24, 2.45) is 0 Å². The molecule has 0 aliphatic heterocycles. The van der Waals surface area contributed by atoms with Crippen LogP contribution in [0.3, 0.4) is 0 Å². The fourth-order valence-electron chi connectivity index (χ4n) is 1.41. The summed E-state index contributed by atoms with van der Waals surface area (Å²) in [5.41, 5.74) is 2.42. The molecule has 0 aliphatic rings. The summed E-state index contributed by atoms with van der Waals surface area (Å²) in [6, 6.07) is 6.76. The number of pyridine rings is 2. The molecule has 5 nitrogen and oxygen atoms in total. The third kappa shape index (κ3) is 1.88. The molecule has 0 atom stereocenters. The van der Waals surface area contributed by atoms with Crippen molar-refractivity contribution in [3.63, 3.8) is 0 Å². The van der Waals surface area contributed by atoms with Gasteiger partial charge >= 0.3 is 0 Å². The molecule has 16 heavy (non-hydrogen) atoms. The van der Waals surface area contributed by atoms with E-state index in [2.05, 4.69) is 9.97 Å². The number of hydrogen-bond acceptors (Lipinski definition) is 4. The van der Waals surface area contributed by atoms with E-state index in [1.165, 1.54) is 12.3 Å². The fourth-order valence-corrected chi connectivity index (χ4v) is 1.41. The zero-order valence-corrected chi connectivity index (χ0v) is 8.62. The van der Waals surface area contributed by atoms with Crippen molar-refractivity contribution >= 4 is 5.69 Å². The molecule has 0 fully saturated rings. The highest BCUT2D eigenvalue weighted by Gasteiger charge is 2.07. The average molecular weight is 215 g/mol. The second-order valence-corrected chi connectivity index (χ2v) is 3.30. The largest absolute Gasteiger partial charge is 0.287 e. The summed E-state index contributed by atoms with van der Waals surface area (Å²) in [5, 5.41) is 10.5. The molecule has 0 bridgehead atoms. The molecule has 0 saturated carbocycles. The highest BCUT2D eigenvalue weighted by molar-refractivity contribution is 5.62. The second-order valence-electron chi connectivity index (χ2n) is 3.30. The molecule has 0 unspecified atom stereocenters. The van der Waals surface area contributed by atoms with E-state index in [0.29, 0.717) is 5.69 Å². The molecule has 0 aliphatic carbocycles. The van der Waals surface area contributed by atoms with Gasteiger partial charge in [0.15, 0.2) is 0 Å². The molecule has 0 N–H and O–H groups in total. The lowest BCUT2D eigenvalue weighted by Crippen LogP contribution is -1.92. The standard InChI is InChI=1S/C11H9N3O2/c1-8-10(3-2-6-12-8)11-5-4-9(7-13-11)14(15)16/h2-7H,1H3. The minimum absolute atomic E-state index is 0.00899. The third-order valence-electron chi connectivity index (χ3n) is 2.24. The first kappa shape index (κ1) is 10.2. The van der Waals surface area contributed by atoms with Gasteiger partial charge in [-0.1, -0.05) is 0 Å². The van der Waals surface area contributed by atoms with Crippen molar-refractivity contribution in [1.82, 2.24) is 9.97 Å². The van der Waals surface area contributed by atoms with Crippen molar-refractivity contribution in [3.05, 3.63) is 52.5 Å². The van der Waals surface area contributed by atoms with E-state index in [4.69, 9.17) is 0 Å². The van der Waals surface area contributed by atoms with Gasteiger partial charge in [-0.3, -0.25) is 15.1 Å². The maximum atomic E-state index is 10.5. The summed E-state index contributed by atoms with van der Waals surface area (Å²) in [5.74, 6) is 0. The van der Waals surface area contributed by atoms with E-state index in [9.17, 15) is 10.1 Å². The molecule has 0 amide bonds. The smallest absolute Gasteiger partial charge is 0.261 e. The van der Waals surface area contributed by atoms with Gasteiger partial charge < -0.3 is 0 Å². The van der Waals surface area contributed by atoms with E-state index < -0.39 is 4.92 Å². The molecule has 2 heterocycles. The monoisotopic (exact) mass is 215 g/mol. The van der Waals surface area contributed by atoms with Gasteiger partial charge in [-0.05, 0) is 25.1 Å². The Morgan fingerprint density at radius 2 is 2.06 bits per heavy atom. The van der Waals surface area contributed by atoms with Crippen LogP contribution in [0.2, 0.25) is 0 Å². The lowest BCUT2D eigenvalue weighted by Gasteiger charge is -2.02. The Morgan fingerprint density at radius 3 is 2.62 bits per heavy atom. The molecule has 2 aromatic rings. The highest BCUT2D eigenvalue weighted by Crippen LogP contribution is 2.20. The quantitative estimate of drug-likeness (QED) is 0.569. The van der Waals surface area contributed by atoms with Crippen LogP contribution in [0.1, 0.15) is 5.69 Å². The first-order valence-electron chi connectivity index (χ1n) is 4.71. The van der Waals surface area contributed by atoms with Crippen LogP contribution in [-0.4, -0.2) is 14.9 Å². The van der Waals surface area contributed by atoms with Crippen LogP contribution in [0.4, 0.5) is 5.69 Å². The normalized spacial score (nSPS) is 10.1. The number of nitro groups is 1. The number of aromatic nitrogens is 2. The molecule has 0 aromatic carbocycles. The Morgan fingerprint density at radius 1 is 1.25 bits per heavy atom. The Bertz CT molecular complexity index is 523. The Hall–Kier alpha value is -2.30. The van der Waals surface area contributed by atoms with Crippen LogP contribution in [0.5, 0.6) is 0 Å². The average Bonchev–Trinajstić information content (AvgIpc) is 2.30. The van der Waals surface area contributed by atoms with Gasteiger partial charge in [0, 0.05) is 23.5 Å². The number of hydrogen-bond donors (Lipinski definition) is 0. The van der Waals surface area contributed by atoms with Crippen LogP contribution >= 0.6 is 0 Å². The summed E-state index contributed by atoms with van der Waals surface area (Å²) in [7, 11) is 0. The lowest BCUT2D eigenvalue weighted by atomic mass is 10.1. The summed E-state index contributed by atoms with van der Waals surface area (Å²) in [6.07, 6.45) is 2.95. The van der Waals surface area contributed by atoms with Gasteiger partial charge in [-0.15, -0.1) is 0 Å². The predicted molar refractivity (Wildman–Crippen MR) is 58.9 cm³/mol. The van der Waals surface area contributed by atoms with Gasteiger partial charge in [0.05, 0.1) is 10.6 Å². The second kappa shape index (κ2) is 4.06. The van der Waals surface area contributed by atoms with Gasteiger partial charge in [0.25, 0.3) is 5.69 Å². The zero-order chi connectivity index (χ0) is 11.5. The minimum Gasteiger partial charge on any atom is -0.261 e. The van der Waals surface area contributed by atoms with Crippen molar-refractivity contribution in [1.29, 1.82) is 0 Å². The van der Waals surface area contributed by atoms with Crippen LogP contribution < -0.4 is 0 Å². The molecule has 2 aromatic heterocycles. The van der Waals surface area contributed by atoms with Gasteiger partial charge in [0.1, 0.15) is 6.20 Å². The molecular weight excluding hydrogens is 206 g/mol. The molecule has 5 heteroatoms. The van der Waals surface area contributed by atoms with E-state index in [1.54, 1.807) is 12.3 Å². The van der Waals surface area contributed by atoms with Crippen molar-refractivity contribution in [2.75, 3.05) is 0 Å². The molecule has 2 rings (SSSR count). The zero-order valence-electron chi connectivity index (χ0n) is 8.62. The number of nitrogens with zero attached hydrogens (tertiary/aromatic N) is 3. The summed E-state index contributed by atoms with van der Waals surface area (Å²) in [6.45, 7) is 1.87. The maximum absolute atomic E-state index is 10.5. The van der Waals surface area contributed by atoms with Gasteiger partial charge in [-0.2, -0.15) is 0 Å². The SMILES string of the molecule is Cc1ncccc1-c1ccc([N+](=O)[O-])cn1. The van der Waals surface area contributed by atoms with Crippen molar-refractivity contribution in [2.45, 2.75) is 6.92 Å². The van der Waals surface area contributed by atoms with Crippen LogP contribution in [0, 0.1) is 17.0 Å². The van der Waals surface area contributed by atoms with Gasteiger partial charge in [0.2, 0.25) is 0 Å². The van der Waals surface area contributed by atoms with Crippen LogP contribution in [0.15, 0.2) is 36.7 Å². The third-order valence-corrected chi connectivity index (χ3v) is 2.24. The molecule has 0 radical (unpaired) electrons. The van der Waals surface area contributed by atoms with Crippen LogP contribution in [-0.2, 0) is 0 Å². The fraction of sp³-hybridized carbons (Fsp3) is 0.0909. The van der Waals surface area contributed by atoms with Crippen LogP contribution in [0.25, 0.3) is 11.3 Å². The maximum Gasteiger partial charge on any atom is 0.287 e. The Balaban J connectivity index is 2.43. The summed E-state index contributed by atoms with van der Waals surface area (Å²) in [4.78, 5) is 18.2. The number of rotatable bonds is 2.